The van der Waals surface area contributed by atoms with E-state index in [9.17, 15) is 4.79 Å². The molecule has 0 spiro atoms. The molecule has 0 aliphatic heterocycles. The van der Waals surface area contributed by atoms with Gasteiger partial charge in [-0.1, -0.05) is 34.6 Å². The van der Waals surface area contributed by atoms with Crippen LogP contribution in [0.3, 0.4) is 0 Å². The Kier molecular flexibility index (Phi) is 10.2. The molecule has 0 rings (SSSR count). The molecule has 0 unspecified atom stereocenters. The van der Waals surface area contributed by atoms with Gasteiger partial charge < -0.3 is 9.47 Å². The maximum absolute atomic E-state index is 11.4. The Balaban J connectivity index is 3.18. The molecule has 0 N–H and O–H groups in total. The summed E-state index contributed by atoms with van der Waals surface area (Å²) < 4.78 is 10.9. The molecule has 114 valence electrons. The summed E-state index contributed by atoms with van der Waals surface area (Å²) in [5, 5.41) is 0. The Morgan fingerprint density at radius 3 is 1.95 bits per heavy atom. The first kappa shape index (κ1) is 18.6. The van der Waals surface area contributed by atoms with Crippen molar-refractivity contribution in [2.24, 2.45) is 11.3 Å². The third-order valence-electron chi connectivity index (χ3n) is 2.94. The molecule has 0 aromatic carbocycles. The lowest BCUT2D eigenvalue weighted by Crippen LogP contribution is -2.11. The van der Waals surface area contributed by atoms with E-state index in [1.807, 2.05) is 13.8 Å². The molecule has 0 bridgehead atoms. The van der Waals surface area contributed by atoms with Gasteiger partial charge in [-0.15, -0.1) is 0 Å². The van der Waals surface area contributed by atoms with Crippen molar-refractivity contribution >= 4 is 5.78 Å². The van der Waals surface area contributed by atoms with Crippen molar-refractivity contribution in [3.05, 3.63) is 0 Å². The highest BCUT2D eigenvalue weighted by Gasteiger charge is 2.08. The summed E-state index contributed by atoms with van der Waals surface area (Å²) in [7, 11) is 0. The zero-order chi connectivity index (χ0) is 14.7. The average molecular weight is 272 g/mol. The maximum Gasteiger partial charge on any atom is 0.135 e. The predicted molar refractivity (Wildman–Crippen MR) is 79.4 cm³/mol. The molecular weight excluding hydrogens is 240 g/mol. The van der Waals surface area contributed by atoms with Crippen LogP contribution in [0.4, 0.5) is 0 Å². The number of carbonyl (C=O) groups excluding carboxylic acids is 1. The van der Waals surface area contributed by atoms with E-state index < -0.39 is 0 Å². The lowest BCUT2D eigenvalue weighted by atomic mass is 9.91. The van der Waals surface area contributed by atoms with Gasteiger partial charge in [0.05, 0.1) is 13.2 Å². The second kappa shape index (κ2) is 10.4. The highest BCUT2D eigenvalue weighted by atomic mass is 16.5. The van der Waals surface area contributed by atoms with Crippen molar-refractivity contribution in [2.75, 3.05) is 26.4 Å². The third kappa shape index (κ3) is 13.8. The van der Waals surface area contributed by atoms with Crippen LogP contribution in [0.5, 0.6) is 0 Å². The minimum atomic E-state index is 0.145. The van der Waals surface area contributed by atoms with E-state index in [2.05, 4.69) is 20.8 Å². The molecular formula is C16H32O3. The Morgan fingerprint density at radius 2 is 1.47 bits per heavy atom. The zero-order valence-corrected chi connectivity index (χ0v) is 13.5. The Labute approximate surface area is 119 Å². The fourth-order valence-corrected chi connectivity index (χ4v) is 1.66. The van der Waals surface area contributed by atoms with Crippen LogP contribution < -0.4 is 0 Å². The molecule has 0 atom stereocenters. The van der Waals surface area contributed by atoms with Crippen LogP contribution >= 0.6 is 0 Å². The molecule has 0 fully saturated rings. The molecule has 0 radical (unpaired) electrons. The first-order chi connectivity index (χ1) is 8.83. The number of hydrogen-bond acceptors (Lipinski definition) is 3. The van der Waals surface area contributed by atoms with E-state index in [1.165, 1.54) is 6.42 Å². The number of ketones is 1. The highest BCUT2D eigenvalue weighted by Crippen LogP contribution is 2.20. The van der Waals surface area contributed by atoms with Crippen molar-refractivity contribution in [2.45, 2.75) is 60.3 Å². The summed E-state index contributed by atoms with van der Waals surface area (Å²) in [5.41, 5.74) is 0.392. The summed E-state index contributed by atoms with van der Waals surface area (Å²) >= 11 is 0. The van der Waals surface area contributed by atoms with Gasteiger partial charge in [-0.3, -0.25) is 4.79 Å². The predicted octanol–water partition coefficient (Wildman–Crippen LogP) is 3.85. The highest BCUT2D eigenvalue weighted by molar-refractivity contribution is 5.80. The second-order valence-corrected chi connectivity index (χ2v) is 6.61. The standard InChI is InChI=1S/C16H32O3/c1-14(2)15(17)8-6-10-18-12-13-19-11-7-9-16(3,4)5/h14H,6-13H2,1-5H3. The normalized spacial score (nSPS) is 12.1. The maximum atomic E-state index is 11.4. The van der Waals surface area contributed by atoms with Crippen LogP contribution in [0.25, 0.3) is 0 Å². The van der Waals surface area contributed by atoms with Gasteiger partial charge in [-0.25, -0.2) is 0 Å². The summed E-state index contributed by atoms with van der Waals surface area (Å²) in [5.74, 6) is 0.466. The molecule has 0 saturated carbocycles. The average Bonchev–Trinajstić information content (AvgIpc) is 2.29. The lowest BCUT2D eigenvalue weighted by molar-refractivity contribution is -0.122. The van der Waals surface area contributed by atoms with Gasteiger partial charge in [-0.2, -0.15) is 0 Å². The van der Waals surface area contributed by atoms with Gasteiger partial charge in [-0.05, 0) is 24.7 Å². The molecule has 0 aromatic rings. The Morgan fingerprint density at radius 1 is 0.947 bits per heavy atom. The molecule has 19 heavy (non-hydrogen) atoms. The number of rotatable bonds is 11. The Hall–Kier alpha value is -0.410. The molecule has 0 aliphatic carbocycles. The van der Waals surface area contributed by atoms with Crippen molar-refractivity contribution < 1.29 is 14.3 Å². The van der Waals surface area contributed by atoms with Crippen LogP contribution in [-0.2, 0) is 14.3 Å². The molecule has 0 heterocycles. The van der Waals surface area contributed by atoms with Gasteiger partial charge in [0, 0.05) is 25.6 Å². The van der Waals surface area contributed by atoms with Crippen molar-refractivity contribution in [1.82, 2.24) is 0 Å². The van der Waals surface area contributed by atoms with Gasteiger partial charge in [0.1, 0.15) is 5.78 Å². The van der Waals surface area contributed by atoms with E-state index in [-0.39, 0.29) is 5.92 Å². The van der Waals surface area contributed by atoms with Crippen LogP contribution in [0.2, 0.25) is 0 Å². The van der Waals surface area contributed by atoms with E-state index >= 15 is 0 Å². The number of Topliss-reactive ketones (excluding diaryl/α,β-unsaturated/α-hetero) is 1. The van der Waals surface area contributed by atoms with E-state index in [4.69, 9.17) is 9.47 Å². The zero-order valence-electron chi connectivity index (χ0n) is 13.5. The molecule has 0 amide bonds. The van der Waals surface area contributed by atoms with Gasteiger partial charge in [0.15, 0.2) is 0 Å². The fourth-order valence-electron chi connectivity index (χ4n) is 1.66. The molecule has 0 aromatic heterocycles. The summed E-state index contributed by atoms with van der Waals surface area (Å²) in [6.07, 6.45) is 3.74. The smallest absolute Gasteiger partial charge is 0.135 e. The van der Waals surface area contributed by atoms with E-state index in [0.717, 1.165) is 19.4 Å². The van der Waals surface area contributed by atoms with Crippen molar-refractivity contribution in [3.8, 4) is 0 Å². The first-order valence-electron chi connectivity index (χ1n) is 7.51. The van der Waals surface area contributed by atoms with Crippen LogP contribution in [0, 0.1) is 11.3 Å². The largest absolute Gasteiger partial charge is 0.379 e. The van der Waals surface area contributed by atoms with Crippen molar-refractivity contribution in [1.29, 1.82) is 0 Å². The first-order valence-corrected chi connectivity index (χ1v) is 7.51. The monoisotopic (exact) mass is 272 g/mol. The van der Waals surface area contributed by atoms with Crippen LogP contribution in [0.1, 0.15) is 60.3 Å². The van der Waals surface area contributed by atoms with Crippen LogP contribution in [-0.4, -0.2) is 32.2 Å². The van der Waals surface area contributed by atoms with Crippen LogP contribution in [0.15, 0.2) is 0 Å². The topological polar surface area (TPSA) is 35.5 Å². The molecule has 0 saturated heterocycles. The Bertz CT molecular complexity index is 229. The lowest BCUT2D eigenvalue weighted by Gasteiger charge is -2.17. The van der Waals surface area contributed by atoms with Gasteiger partial charge in [0.25, 0.3) is 0 Å². The second-order valence-electron chi connectivity index (χ2n) is 6.61. The molecule has 3 nitrogen and oxygen atoms in total. The van der Waals surface area contributed by atoms with Gasteiger partial charge in [0.2, 0.25) is 0 Å². The van der Waals surface area contributed by atoms with Gasteiger partial charge >= 0.3 is 0 Å². The van der Waals surface area contributed by atoms with Crippen molar-refractivity contribution in [3.63, 3.8) is 0 Å². The fraction of sp³-hybridized carbons (Fsp3) is 0.938. The summed E-state index contributed by atoms with van der Waals surface area (Å²) in [6.45, 7) is 13.4. The van der Waals surface area contributed by atoms with E-state index in [1.54, 1.807) is 0 Å². The minimum absolute atomic E-state index is 0.145. The number of carbonyl (C=O) groups is 1. The molecule has 0 aliphatic rings. The summed E-state index contributed by atoms with van der Waals surface area (Å²) in [4.78, 5) is 11.4. The number of hydrogen-bond donors (Lipinski definition) is 0. The minimum Gasteiger partial charge on any atom is -0.379 e. The van der Waals surface area contributed by atoms with E-state index in [0.29, 0.717) is 37.4 Å². The summed E-state index contributed by atoms with van der Waals surface area (Å²) in [6, 6.07) is 0. The third-order valence-corrected chi connectivity index (χ3v) is 2.94. The molecule has 3 heteroatoms. The quantitative estimate of drug-likeness (QED) is 0.536. The SMILES string of the molecule is CC(C)C(=O)CCCOCCOCCCC(C)(C)C. The number of ether oxygens (including phenoxy) is 2.